The lowest BCUT2D eigenvalue weighted by Crippen LogP contribution is -2.28. The molecular weight excluding hydrogens is 294 g/mol. The van der Waals surface area contributed by atoms with Crippen molar-refractivity contribution in [2.45, 2.75) is 38.1 Å². The van der Waals surface area contributed by atoms with Crippen LogP contribution in [0.3, 0.4) is 0 Å². The fraction of sp³-hybridized carbons (Fsp3) is 0.500. The number of halogens is 1. The van der Waals surface area contributed by atoms with Crippen LogP contribution in [0.5, 0.6) is 0 Å². The minimum Gasteiger partial charge on any atom is -0.375 e. The smallest absolute Gasteiger partial charge is 0.0619 e. The maximum Gasteiger partial charge on any atom is 0.0619 e. The summed E-state index contributed by atoms with van der Waals surface area (Å²) >= 11 is 8.52. The molecule has 92 valence electrons. The van der Waals surface area contributed by atoms with Gasteiger partial charge >= 0.3 is 0 Å². The van der Waals surface area contributed by atoms with Gasteiger partial charge in [-0.3, -0.25) is 0 Å². The standard InChI is InChI=1S/C14H18BrNS/c15-13-8-4-7-12(9-13)14(16-10-17)11-5-2-1-3-6-11/h4,7-11,14H,1-3,5-6H2,(H,16,17). The maximum absolute atomic E-state index is 4.98. The molecule has 0 saturated heterocycles. The van der Waals surface area contributed by atoms with Gasteiger partial charge in [-0.05, 0) is 36.5 Å². The number of thiocarbonyl (C=S) groups is 1. The third-order valence-corrected chi connectivity index (χ3v) is 4.21. The van der Waals surface area contributed by atoms with E-state index in [1.54, 1.807) is 5.49 Å². The van der Waals surface area contributed by atoms with Crippen LogP contribution >= 0.6 is 28.1 Å². The van der Waals surface area contributed by atoms with Crippen LogP contribution in [0.4, 0.5) is 0 Å². The highest BCUT2D eigenvalue weighted by Crippen LogP contribution is 2.34. The zero-order valence-electron chi connectivity index (χ0n) is 9.86. The Bertz CT molecular complexity index is 374. The molecule has 1 aliphatic carbocycles. The fourth-order valence-electron chi connectivity index (χ4n) is 2.75. The molecule has 1 aromatic carbocycles. The summed E-state index contributed by atoms with van der Waals surface area (Å²) in [4.78, 5) is 0. The molecule has 0 radical (unpaired) electrons. The Morgan fingerprint density at radius 3 is 2.71 bits per heavy atom. The number of hydrogen-bond donors (Lipinski definition) is 1. The molecule has 1 aromatic rings. The van der Waals surface area contributed by atoms with Crippen molar-refractivity contribution in [1.29, 1.82) is 0 Å². The largest absolute Gasteiger partial charge is 0.375 e. The molecule has 1 fully saturated rings. The van der Waals surface area contributed by atoms with Gasteiger partial charge in [0.2, 0.25) is 0 Å². The van der Waals surface area contributed by atoms with Gasteiger partial charge in [0.1, 0.15) is 0 Å². The third kappa shape index (κ3) is 3.52. The Morgan fingerprint density at radius 1 is 1.29 bits per heavy atom. The van der Waals surface area contributed by atoms with E-state index < -0.39 is 0 Å². The average molecular weight is 312 g/mol. The van der Waals surface area contributed by atoms with E-state index in [1.807, 2.05) is 0 Å². The first kappa shape index (κ1) is 13.0. The van der Waals surface area contributed by atoms with Crippen LogP contribution in [0.25, 0.3) is 0 Å². The molecule has 1 nitrogen and oxygen atoms in total. The molecule has 0 amide bonds. The van der Waals surface area contributed by atoms with E-state index in [9.17, 15) is 0 Å². The van der Waals surface area contributed by atoms with Crippen molar-refractivity contribution in [2.75, 3.05) is 0 Å². The molecule has 1 unspecified atom stereocenters. The van der Waals surface area contributed by atoms with Crippen molar-refractivity contribution < 1.29 is 0 Å². The number of nitrogens with one attached hydrogen (secondary N) is 1. The van der Waals surface area contributed by atoms with Gasteiger partial charge in [0.05, 0.1) is 11.5 Å². The first-order valence-corrected chi connectivity index (χ1v) is 7.53. The Balaban J connectivity index is 2.18. The van der Waals surface area contributed by atoms with Crippen LogP contribution in [-0.4, -0.2) is 5.49 Å². The first-order chi connectivity index (χ1) is 8.31. The molecule has 1 aliphatic rings. The molecule has 0 aliphatic heterocycles. The lowest BCUT2D eigenvalue weighted by atomic mass is 9.81. The minimum absolute atomic E-state index is 0.380. The molecule has 1 N–H and O–H groups in total. The first-order valence-electron chi connectivity index (χ1n) is 6.26. The molecule has 0 spiro atoms. The SMILES string of the molecule is S=CNC(c1cccc(Br)c1)C1CCCCC1. The lowest BCUT2D eigenvalue weighted by molar-refractivity contribution is 0.294. The number of benzene rings is 1. The van der Waals surface area contributed by atoms with E-state index in [1.165, 1.54) is 37.7 Å². The van der Waals surface area contributed by atoms with Crippen LogP contribution < -0.4 is 5.32 Å². The molecule has 2 rings (SSSR count). The normalized spacial score (nSPS) is 18.6. The second-order valence-electron chi connectivity index (χ2n) is 4.72. The summed E-state index contributed by atoms with van der Waals surface area (Å²) in [5.74, 6) is 0.720. The molecule has 1 atom stereocenters. The molecule has 0 bridgehead atoms. The molecule has 1 saturated carbocycles. The van der Waals surface area contributed by atoms with Crippen molar-refractivity contribution in [3.63, 3.8) is 0 Å². The van der Waals surface area contributed by atoms with Gasteiger partial charge in [-0.25, -0.2) is 0 Å². The van der Waals surface area contributed by atoms with Gasteiger partial charge in [0.15, 0.2) is 0 Å². The van der Waals surface area contributed by atoms with Gasteiger partial charge < -0.3 is 5.32 Å². The molecular formula is C14H18BrNS. The van der Waals surface area contributed by atoms with Gasteiger partial charge in [-0.1, -0.05) is 59.5 Å². The fourth-order valence-corrected chi connectivity index (χ4v) is 3.31. The molecule has 17 heavy (non-hydrogen) atoms. The van der Waals surface area contributed by atoms with Crippen LogP contribution in [0, 0.1) is 5.92 Å². The Labute approximate surface area is 117 Å². The van der Waals surface area contributed by atoms with E-state index in [0.717, 1.165) is 10.4 Å². The predicted octanol–water partition coefficient (Wildman–Crippen LogP) is 4.62. The van der Waals surface area contributed by atoms with Crippen LogP contribution in [0.15, 0.2) is 28.7 Å². The van der Waals surface area contributed by atoms with E-state index in [2.05, 4.69) is 45.5 Å². The Hall–Kier alpha value is -0.410. The van der Waals surface area contributed by atoms with Crippen molar-refractivity contribution in [3.8, 4) is 0 Å². The topological polar surface area (TPSA) is 12.0 Å². The van der Waals surface area contributed by atoms with E-state index >= 15 is 0 Å². The van der Waals surface area contributed by atoms with Crippen LogP contribution in [-0.2, 0) is 0 Å². The summed E-state index contributed by atoms with van der Waals surface area (Å²) in [7, 11) is 0. The van der Waals surface area contributed by atoms with Crippen molar-refractivity contribution in [3.05, 3.63) is 34.3 Å². The third-order valence-electron chi connectivity index (χ3n) is 3.58. The summed E-state index contributed by atoms with van der Waals surface area (Å²) in [6.07, 6.45) is 6.72. The number of rotatable bonds is 4. The summed E-state index contributed by atoms with van der Waals surface area (Å²) in [6.45, 7) is 0. The predicted molar refractivity (Wildman–Crippen MR) is 80.2 cm³/mol. The second-order valence-corrected chi connectivity index (χ2v) is 5.87. The maximum atomic E-state index is 4.98. The van der Waals surface area contributed by atoms with Crippen molar-refractivity contribution in [1.82, 2.24) is 5.32 Å². The summed E-state index contributed by atoms with van der Waals surface area (Å²) < 4.78 is 1.14. The van der Waals surface area contributed by atoms with E-state index in [0.29, 0.717) is 6.04 Å². The molecule has 0 heterocycles. The molecule has 3 heteroatoms. The summed E-state index contributed by atoms with van der Waals surface area (Å²) in [5, 5.41) is 3.36. The van der Waals surface area contributed by atoms with E-state index in [-0.39, 0.29) is 0 Å². The molecule has 0 aromatic heterocycles. The highest BCUT2D eigenvalue weighted by atomic mass is 79.9. The van der Waals surface area contributed by atoms with Crippen molar-refractivity contribution >= 4 is 33.6 Å². The van der Waals surface area contributed by atoms with Crippen molar-refractivity contribution in [2.24, 2.45) is 5.92 Å². The van der Waals surface area contributed by atoms with Crippen LogP contribution in [0.1, 0.15) is 43.7 Å². The second kappa shape index (κ2) is 6.50. The number of hydrogen-bond acceptors (Lipinski definition) is 1. The highest BCUT2D eigenvalue weighted by molar-refractivity contribution is 9.10. The van der Waals surface area contributed by atoms with Gasteiger partial charge in [0.25, 0.3) is 0 Å². The lowest BCUT2D eigenvalue weighted by Gasteiger charge is -2.30. The average Bonchev–Trinajstić information content (AvgIpc) is 2.37. The van der Waals surface area contributed by atoms with Gasteiger partial charge in [0, 0.05) is 4.47 Å². The quantitative estimate of drug-likeness (QED) is 0.814. The van der Waals surface area contributed by atoms with Crippen LogP contribution in [0.2, 0.25) is 0 Å². The zero-order chi connectivity index (χ0) is 12.1. The highest BCUT2D eigenvalue weighted by Gasteiger charge is 2.24. The Kier molecular flexibility index (Phi) is 4.99. The summed E-state index contributed by atoms with van der Waals surface area (Å²) in [6, 6.07) is 8.94. The zero-order valence-corrected chi connectivity index (χ0v) is 12.3. The summed E-state index contributed by atoms with van der Waals surface area (Å²) in [5.41, 5.74) is 3.01. The minimum atomic E-state index is 0.380. The Morgan fingerprint density at radius 2 is 2.06 bits per heavy atom. The van der Waals surface area contributed by atoms with Gasteiger partial charge in [-0.2, -0.15) is 0 Å². The monoisotopic (exact) mass is 311 g/mol. The van der Waals surface area contributed by atoms with Gasteiger partial charge in [-0.15, -0.1) is 0 Å². The van der Waals surface area contributed by atoms with E-state index in [4.69, 9.17) is 12.2 Å².